The van der Waals surface area contributed by atoms with E-state index >= 15 is 0 Å². The third-order valence-electron chi connectivity index (χ3n) is 4.52. The minimum Gasteiger partial charge on any atom is -0.422 e. The second-order valence-electron chi connectivity index (χ2n) is 5.98. The molecule has 1 aromatic carbocycles. The molecule has 5 nitrogen and oxygen atoms in total. The highest BCUT2D eigenvalue weighted by atomic mass is 16.4. The van der Waals surface area contributed by atoms with Crippen LogP contribution < -0.4 is 16.3 Å². The predicted molar refractivity (Wildman–Crippen MR) is 91.4 cm³/mol. The quantitative estimate of drug-likeness (QED) is 0.698. The largest absolute Gasteiger partial charge is 0.422 e. The summed E-state index contributed by atoms with van der Waals surface area (Å²) < 4.78 is 5.40. The summed E-state index contributed by atoms with van der Waals surface area (Å²) >= 11 is 0. The molecule has 0 atom stereocenters. The first-order chi connectivity index (χ1) is 11.0. The topological polar surface area (TPSA) is 76.5 Å². The van der Waals surface area contributed by atoms with Gasteiger partial charge < -0.3 is 15.1 Å². The van der Waals surface area contributed by atoms with Gasteiger partial charge in [0.2, 0.25) is 5.91 Å². The van der Waals surface area contributed by atoms with Crippen LogP contribution in [0, 0.1) is 0 Å². The lowest BCUT2D eigenvalue weighted by Crippen LogP contribution is -2.17. The molecule has 0 bridgehead atoms. The number of benzene rings is 1. The standard InChI is InChI=1S/C18H20N2O3/c1-11(12(2)17(19)21)15-10-13-9-14(20-7-3-4-8-20)5-6-16(13)23-18(15)22/h5-6,9-10H,3-4,7-8H2,1-2H3,(H2,19,21). The van der Waals surface area contributed by atoms with Crippen molar-refractivity contribution in [2.45, 2.75) is 26.7 Å². The highest BCUT2D eigenvalue weighted by Gasteiger charge is 2.15. The molecule has 1 fully saturated rings. The van der Waals surface area contributed by atoms with E-state index in [9.17, 15) is 9.59 Å². The Balaban J connectivity index is 2.13. The lowest BCUT2D eigenvalue weighted by Gasteiger charge is -2.17. The molecular weight excluding hydrogens is 292 g/mol. The van der Waals surface area contributed by atoms with Crippen molar-refractivity contribution in [1.82, 2.24) is 0 Å². The number of rotatable bonds is 3. The number of fused-ring (bicyclic) bond motifs is 1. The number of hydrogen-bond donors (Lipinski definition) is 1. The van der Waals surface area contributed by atoms with Gasteiger partial charge in [-0.1, -0.05) is 0 Å². The number of carbonyl (C=O) groups excluding carboxylic acids is 1. The van der Waals surface area contributed by atoms with Gasteiger partial charge in [-0.25, -0.2) is 4.79 Å². The molecule has 0 saturated carbocycles. The SMILES string of the molecule is CC(C(N)=O)=C(C)c1cc2cc(N3CCCC3)ccc2oc1=O. The predicted octanol–water partition coefficient (Wildman–Crippen LogP) is 2.67. The summed E-state index contributed by atoms with van der Waals surface area (Å²) in [5, 5.41) is 0.848. The summed E-state index contributed by atoms with van der Waals surface area (Å²) in [6.07, 6.45) is 2.40. The molecule has 2 N–H and O–H groups in total. The fourth-order valence-corrected chi connectivity index (χ4v) is 2.93. The van der Waals surface area contributed by atoms with Crippen molar-refractivity contribution in [2.24, 2.45) is 5.73 Å². The lowest BCUT2D eigenvalue weighted by molar-refractivity contribution is -0.114. The molecule has 0 radical (unpaired) electrons. The average Bonchev–Trinajstić information content (AvgIpc) is 3.06. The Morgan fingerprint density at radius 2 is 1.87 bits per heavy atom. The van der Waals surface area contributed by atoms with E-state index < -0.39 is 11.5 Å². The maximum absolute atomic E-state index is 12.2. The van der Waals surface area contributed by atoms with Gasteiger partial charge in [0.1, 0.15) is 5.58 Å². The van der Waals surface area contributed by atoms with E-state index in [1.807, 2.05) is 18.2 Å². The molecule has 3 rings (SSSR count). The fourth-order valence-electron chi connectivity index (χ4n) is 2.93. The van der Waals surface area contributed by atoms with Crippen LogP contribution in [0.5, 0.6) is 0 Å². The van der Waals surface area contributed by atoms with Gasteiger partial charge in [0.05, 0.1) is 5.56 Å². The van der Waals surface area contributed by atoms with Crippen molar-refractivity contribution in [3.05, 3.63) is 45.8 Å². The number of carbonyl (C=O) groups is 1. The minimum absolute atomic E-state index is 0.368. The summed E-state index contributed by atoms with van der Waals surface area (Å²) in [6.45, 7) is 5.42. The van der Waals surface area contributed by atoms with Crippen LogP contribution in [0.2, 0.25) is 0 Å². The van der Waals surface area contributed by atoms with Crippen molar-refractivity contribution < 1.29 is 9.21 Å². The number of amides is 1. The molecule has 0 spiro atoms. The van der Waals surface area contributed by atoms with Crippen LogP contribution >= 0.6 is 0 Å². The summed E-state index contributed by atoms with van der Waals surface area (Å²) in [5.41, 5.74) is 7.83. The van der Waals surface area contributed by atoms with E-state index in [0.717, 1.165) is 24.2 Å². The van der Waals surface area contributed by atoms with Crippen molar-refractivity contribution in [2.75, 3.05) is 18.0 Å². The molecule has 2 aromatic rings. The first-order valence-corrected chi connectivity index (χ1v) is 7.78. The summed E-state index contributed by atoms with van der Waals surface area (Å²) in [7, 11) is 0. The fraction of sp³-hybridized carbons (Fsp3) is 0.333. The third-order valence-corrected chi connectivity index (χ3v) is 4.52. The molecule has 0 aliphatic carbocycles. The van der Waals surface area contributed by atoms with Crippen molar-refractivity contribution >= 4 is 28.1 Å². The molecule has 120 valence electrons. The first kappa shape index (κ1) is 15.3. The molecule has 23 heavy (non-hydrogen) atoms. The number of primary amides is 1. The Bertz CT molecular complexity index is 858. The highest BCUT2D eigenvalue weighted by Crippen LogP contribution is 2.26. The molecule has 2 heterocycles. The van der Waals surface area contributed by atoms with Gasteiger partial charge in [0.25, 0.3) is 0 Å². The molecular formula is C18H20N2O3. The van der Waals surface area contributed by atoms with E-state index in [1.165, 1.54) is 12.8 Å². The van der Waals surface area contributed by atoms with Gasteiger partial charge >= 0.3 is 5.63 Å². The monoisotopic (exact) mass is 312 g/mol. The zero-order valence-electron chi connectivity index (χ0n) is 13.4. The molecule has 0 unspecified atom stereocenters. The van der Waals surface area contributed by atoms with Crippen molar-refractivity contribution in [1.29, 1.82) is 0 Å². The van der Waals surface area contributed by atoms with Crippen LogP contribution in [0.15, 0.2) is 39.1 Å². The zero-order valence-corrected chi connectivity index (χ0v) is 13.4. The van der Waals surface area contributed by atoms with E-state index in [4.69, 9.17) is 10.2 Å². The number of anilines is 1. The summed E-state index contributed by atoms with van der Waals surface area (Å²) in [4.78, 5) is 25.8. The highest BCUT2D eigenvalue weighted by molar-refractivity contribution is 5.99. The van der Waals surface area contributed by atoms with Crippen molar-refractivity contribution in [3.63, 3.8) is 0 Å². The summed E-state index contributed by atoms with van der Waals surface area (Å²) in [6, 6.07) is 7.62. The second-order valence-corrected chi connectivity index (χ2v) is 5.98. The number of nitrogens with zero attached hydrogens (tertiary/aromatic N) is 1. The maximum Gasteiger partial charge on any atom is 0.343 e. The number of nitrogens with two attached hydrogens (primary N) is 1. The van der Waals surface area contributed by atoms with E-state index in [0.29, 0.717) is 22.3 Å². The lowest BCUT2D eigenvalue weighted by atomic mass is 10.0. The Kier molecular flexibility index (Phi) is 3.94. The normalized spacial score (nSPS) is 15.8. The third kappa shape index (κ3) is 2.86. The number of allylic oxidation sites excluding steroid dienone is 1. The van der Waals surface area contributed by atoms with Crippen LogP contribution in [-0.2, 0) is 4.79 Å². The Morgan fingerprint density at radius 3 is 2.52 bits per heavy atom. The number of hydrogen-bond acceptors (Lipinski definition) is 4. The second kappa shape index (κ2) is 5.91. The molecule has 1 aromatic heterocycles. The molecule has 1 amide bonds. The van der Waals surface area contributed by atoms with E-state index in [1.54, 1.807) is 19.9 Å². The Morgan fingerprint density at radius 1 is 1.17 bits per heavy atom. The summed E-state index contributed by atoms with van der Waals surface area (Å²) in [5.74, 6) is -0.534. The smallest absolute Gasteiger partial charge is 0.343 e. The molecule has 1 saturated heterocycles. The Labute approximate surface area is 134 Å². The van der Waals surface area contributed by atoms with Gasteiger partial charge in [0.15, 0.2) is 0 Å². The van der Waals surface area contributed by atoms with Crippen LogP contribution in [0.4, 0.5) is 5.69 Å². The van der Waals surface area contributed by atoms with E-state index in [2.05, 4.69) is 4.90 Å². The average molecular weight is 312 g/mol. The molecule has 1 aliphatic heterocycles. The van der Waals surface area contributed by atoms with Crippen molar-refractivity contribution in [3.8, 4) is 0 Å². The van der Waals surface area contributed by atoms with Gasteiger partial charge in [0, 0.05) is 29.7 Å². The van der Waals surface area contributed by atoms with Crippen LogP contribution in [0.25, 0.3) is 16.5 Å². The van der Waals surface area contributed by atoms with E-state index in [-0.39, 0.29) is 0 Å². The Hall–Kier alpha value is -2.56. The molecule has 5 heteroatoms. The maximum atomic E-state index is 12.2. The van der Waals surface area contributed by atoms with Crippen LogP contribution in [0.3, 0.4) is 0 Å². The zero-order chi connectivity index (χ0) is 16.6. The van der Waals surface area contributed by atoms with Crippen LogP contribution in [-0.4, -0.2) is 19.0 Å². The molecule has 1 aliphatic rings. The van der Waals surface area contributed by atoms with Crippen LogP contribution in [0.1, 0.15) is 32.3 Å². The van der Waals surface area contributed by atoms with Gasteiger partial charge in [-0.3, -0.25) is 4.79 Å². The first-order valence-electron chi connectivity index (χ1n) is 7.78. The van der Waals surface area contributed by atoms with Gasteiger partial charge in [-0.05, 0) is 56.5 Å². The minimum atomic E-state index is -0.534. The van der Waals surface area contributed by atoms with Gasteiger partial charge in [-0.15, -0.1) is 0 Å². The van der Waals surface area contributed by atoms with Gasteiger partial charge in [-0.2, -0.15) is 0 Å².